The van der Waals surface area contributed by atoms with Gasteiger partial charge < -0.3 is 5.11 Å². The highest BCUT2D eigenvalue weighted by molar-refractivity contribution is 5.84. The second-order valence-corrected chi connectivity index (χ2v) is 3.36. The van der Waals surface area contributed by atoms with E-state index in [1.54, 1.807) is 18.2 Å². The molecule has 2 aromatic carbocycles. The van der Waals surface area contributed by atoms with E-state index in [1.165, 1.54) is 6.07 Å². The van der Waals surface area contributed by atoms with E-state index >= 15 is 0 Å². The van der Waals surface area contributed by atoms with Crippen molar-refractivity contribution in [3.05, 3.63) is 47.5 Å². The van der Waals surface area contributed by atoms with Gasteiger partial charge in [0, 0.05) is 5.56 Å². The molecule has 0 amide bonds. The van der Waals surface area contributed by atoms with Crippen molar-refractivity contribution in [2.24, 2.45) is 0 Å². The van der Waals surface area contributed by atoms with Crippen molar-refractivity contribution in [3.8, 4) is 0 Å². The van der Waals surface area contributed by atoms with Crippen LogP contribution in [0.2, 0.25) is 0 Å². The average Bonchev–Trinajstić information content (AvgIpc) is 2.27. The number of hydrogen-bond acceptors (Lipinski definition) is 1. The Hall–Kier alpha value is -1.48. The summed E-state index contributed by atoms with van der Waals surface area (Å²) in [6.45, 7) is -0.357. The molecule has 0 aliphatic rings. The smallest absolute Gasteiger partial charge is 0.264 e. The molecule has 2 rings (SSSR count). The molecule has 3 heteroatoms. The molecule has 0 radical (unpaired) electrons. The molecule has 0 unspecified atom stereocenters. The Morgan fingerprint density at radius 2 is 1.67 bits per heavy atom. The Bertz CT molecular complexity index is 480. The molecule has 78 valence electrons. The number of alkyl halides is 2. The predicted octanol–water partition coefficient (Wildman–Crippen LogP) is 3.27. The molecule has 0 heterocycles. The van der Waals surface area contributed by atoms with Crippen LogP contribution in [0.4, 0.5) is 8.78 Å². The first-order valence-electron chi connectivity index (χ1n) is 4.63. The lowest BCUT2D eigenvalue weighted by Crippen LogP contribution is -1.94. The lowest BCUT2D eigenvalue weighted by Gasteiger charge is -2.08. The molecule has 0 aliphatic carbocycles. The van der Waals surface area contributed by atoms with Gasteiger partial charge in [-0.1, -0.05) is 24.3 Å². The zero-order valence-corrected chi connectivity index (χ0v) is 7.95. The molecule has 0 aromatic heterocycles. The lowest BCUT2D eigenvalue weighted by molar-refractivity contribution is 0.147. The van der Waals surface area contributed by atoms with Crippen molar-refractivity contribution in [2.75, 3.05) is 0 Å². The number of fused-ring (bicyclic) bond motifs is 1. The molecule has 0 atom stereocenters. The summed E-state index contributed by atoms with van der Waals surface area (Å²) in [6.07, 6.45) is -2.54. The van der Waals surface area contributed by atoms with Gasteiger partial charge in [-0.15, -0.1) is 0 Å². The highest BCUT2D eigenvalue weighted by Gasteiger charge is 2.13. The second kappa shape index (κ2) is 3.95. The maximum absolute atomic E-state index is 12.6. The topological polar surface area (TPSA) is 20.2 Å². The van der Waals surface area contributed by atoms with Crippen LogP contribution in [0.3, 0.4) is 0 Å². The largest absolute Gasteiger partial charge is 0.392 e. The van der Waals surface area contributed by atoms with Gasteiger partial charge >= 0.3 is 0 Å². The van der Waals surface area contributed by atoms with E-state index in [0.29, 0.717) is 5.56 Å². The average molecular weight is 208 g/mol. The van der Waals surface area contributed by atoms with Crippen LogP contribution in [0.15, 0.2) is 36.4 Å². The summed E-state index contributed by atoms with van der Waals surface area (Å²) in [5.41, 5.74) is 0.208. The van der Waals surface area contributed by atoms with Gasteiger partial charge in [-0.05, 0) is 28.5 Å². The number of benzene rings is 2. The monoisotopic (exact) mass is 208 g/mol. The Morgan fingerprint density at radius 1 is 1.07 bits per heavy atom. The van der Waals surface area contributed by atoms with Crippen molar-refractivity contribution in [1.82, 2.24) is 0 Å². The van der Waals surface area contributed by atoms with Gasteiger partial charge in [0.1, 0.15) is 0 Å². The first kappa shape index (κ1) is 10.1. The normalized spacial score (nSPS) is 11.2. The Balaban J connectivity index is 2.69. The highest BCUT2D eigenvalue weighted by Crippen LogP contribution is 2.27. The zero-order valence-electron chi connectivity index (χ0n) is 7.95. The third-order valence-corrected chi connectivity index (χ3v) is 2.41. The van der Waals surface area contributed by atoms with Crippen LogP contribution in [0.25, 0.3) is 10.8 Å². The van der Waals surface area contributed by atoms with Gasteiger partial charge in [-0.2, -0.15) is 0 Å². The number of halogens is 2. The summed E-state index contributed by atoms with van der Waals surface area (Å²) in [5, 5.41) is 10.6. The van der Waals surface area contributed by atoms with Gasteiger partial charge in [0.25, 0.3) is 6.43 Å². The number of hydrogen-bond donors (Lipinski definition) is 1. The van der Waals surface area contributed by atoms with E-state index in [1.807, 2.05) is 12.1 Å². The minimum atomic E-state index is -2.54. The number of aliphatic hydroxyl groups is 1. The fourth-order valence-electron chi connectivity index (χ4n) is 1.65. The molecule has 0 spiro atoms. The Labute approximate surface area is 86.0 Å². The summed E-state index contributed by atoms with van der Waals surface area (Å²) in [7, 11) is 0. The molecule has 0 aliphatic heterocycles. The van der Waals surface area contributed by atoms with Crippen molar-refractivity contribution in [1.29, 1.82) is 0 Å². The molecule has 0 fully saturated rings. The van der Waals surface area contributed by atoms with E-state index < -0.39 is 6.43 Å². The van der Waals surface area contributed by atoms with Crippen LogP contribution in [0.1, 0.15) is 17.6 Å². The molecule has 0 saturated carbocycles. The van der Waals surface area contributed by atoms with Crippen molar-refractivity contribution < 1.29 is 13.9 Å². The van der Waals surface area contributed by atoms with Gasteiger partial charge in [-0.25, -0.2) is 8.78 Å². The third-order valence-electron chi connectivity index (χ3n) is 2.41. The molecule has 0 saturated heterocycles. The van der Waals surface area contributed by atoms with E-state index in [0.717, 1.165) is 10.8 Å². The number of rotatable bonds is 2. The van der Waals surface area contributed by atoms with Crippen LogP contribution < -0.4 is 0 Å². The quantitative estimate of drug-likeness (QED) is 0.803. The SMILES string of the molecule is OCc1cc2ccccc2cc1C(F)F. The summed E-state index contributed by atoms with van der Waals surface area (Å²) in [6, 6.07) is 10.3. The summed E-state index contributed by atoms with van der Waals surface area (Å²) >= 11 is 0. The fraction of sp³-hybridized carbons (Fsp3) is 0.167. The summed E-state index contributed by atoms with van der Waals surface area (Å²) < 4.78 is 25.3. The molecule has 2 aromatic rings. The van der Waals surface area contributed by atoms with Gasteiger partial charge in [0.15, 0.2) is 0 Å². The van der Waals surface area contributed by atoms with Gasteiger partial charge in [0.05, 0.1) is 6.61 Å². The third kappa shape index (κ3) is 1.83. The Kier molecular flexibility index (Phi) is 2.64. The van der Waals surface area contributed by atoms with Crippen LogP contribution in [0, 0.1) is 0 Å². The van der Waals surface area contributed by atoms with Crippen molar-refractivity contribution in [2.45, 2.75) is 13.0 Å². The minimum absolute atomic E-state index is 0.0869. The minimum Gasteiger partial charge on any atom is -0.392 e. The van der Waals surface area contributed by atoms with Crippen LogP contribution in [-0.4, -0.2) is 5.11 Å². The molecule has 15 heavy (non-hydrogen) atoms. The van der Waals surface area contributed by atoms with E-state index in [-0.39, 0.29) is 12.2 Å². The summed E-state index contributed by atoms with van der Waals surface area (Å²) in [4.78, 5) is 0. The molecular weight excluding hydrogens is 198 g/mol. The first-order valence-corrected chi connectivity index (χ1v) is 4.63. The zero-order chi connectivity index (χ0) is 10.8. The molecule has 1 nitrogen and oxygen atoms in total. The van der Waals surface area contributed by atoms with Gasteiger partial charge in [-0.3, -0.25) is 0 Å². The van der Waals surface area contributed by atoms with E-state index in [2.05, 4.69) is 0 Å². The molecule has 0 bridgehead atoms. The van der Waals surface area contributed by atoms with Gasteiger partial charge in [0.2, 0.25) is 0 Å². The van der Waals surface area contributed by atoms with Crippen LogP contribution in [-0.2, 0) is 6.61 Å². The second-order valence-electron chi connectivity index (χ2n) is 3.36. The maximum atomic E-state index is 12.6. The molecule has 1 N–H and O–H groups in total. The van der Waals surface area contributed by atoms with E-state index in [4.69, 9.17) is 5.11 Å². The summed E-state index contributed by atoms with van der Waals surface area (Å²) in [5.74, 6) is 0. The van der Waals surface area contributed by atoms with E-state index in [9.17, 15) is 8.78 Å². The first-order chi connectivity index (χ1) is 7.22. The fourth-order valence-corrected chi connectivity index (χ4v) is 1.65. The highest BCUT2D eigenvalue weighted by atomic mass is 19.3. The maximum Gasteiger partial charge on any atom is 0.264 e. The van der Waals surface area contributed by atoms with Crippen molar-refractivity contribution in [3.63, 3.8) is 0 Å². The van der Waals surface area contributed by atoms with Crippen LogP contribution >= 0.6 is 0 Å². The van der Waals surface area contributed by atoms with Crippen molar-refractivity contribution >= 4 is 10.8 Å². The number of aliphatic hydroxyl groups excluding tert-OH is 1. The Morgan fingerprint density at radius 3 is 2.20 bits per heavy atom. The van der Waals surface area contributed by atoms with Crippen LogP contribution in [0.5, 0.6) is 0 Å². The molecular formula is C12H10F2O. The standard InChI is InChI=1S/C12H10F2O/c13-12(14)11-6-9-4-2-1-3-8(9)5-10(11)7-15/h1-6,12,15H,7H2. The predicted molar refractivity (Wildman–Crippen MR) is 54.8 cm³/mol. The lowest BCUT2D eigenvalue weighted by atomic mass is 10.0.